The molecule has 1 fully saturated rings. The fourth-order valence-electron chi connectivity index (χ4n) is 2.21. The summed E-state index contributed by atoms with van der Waals surface area (Å²) in [5.41, 5.74) is 0.759. The summed E-state index contributed by atoms with van der Waals surface area (Å²) in [7, 11) is 0. The molecule has 0 amide bonds. The quantitative estimate of drug-likeness (QED) is 0.806. The minimum Gasteiger partial charge on any atom is -0.476 e. The Labute approximate surface area is 88.1 Å². The summed E-state index contributed by atoms with van der Waals surface area (Å²) in [6.45, 7) is 1.78. The summed E-state index contributed by atoms with van der Waals surface area (Å²) in [6.07, 6.45) is 5.85. The number of aromatic nitrogens is 3. The van der Waals surface area contributed by atoms with Crippen LogP contribution in [-0.4, -0.2) is 26.1 Å². The van der Waals surface area contributed by atoms with Crippen LogP contribution in [0.3, 0.4) is 0 Å². The standard InChI is InChI=1S/C10H15N3O2/c1-7-9(10(14)15)11-12-13(7)8-5-3-2-4-6-8/h8H,2-6H2,1H3,(H,14,15). The van der Waals surface area contributed by atoms with Crippen molar-refractivity contribution >= 4 is 5.97 Å². The summed E-state index contributed by atoms with van der Waals surface area (Å²) in [6, 6.07) is 0.347. The van der Waals surface area contributed by atoms with Crippen LogP contribution < -0.4 is 0 Å². The maximum atomic E-state index is 10.8. The fraction of sp³-hybridized carbons (Fsp3) is 0.700. The molecule has 0 saturated heterocycles. The molecule has 0 aliphatic heterocycles. The number of hydrogen-bond acceptors (Lipinski definition) is 3. The summed E-state index contributed by atoms with van der Waals surface area (Å²) >= 11 is 0. The van der Waals surface area contributed by atoms with Gasteiger partial charge in [-0.05, 0) is 19.8 Å². The van der Waals surface area contributed by atoms with Crippen LogP contribution in [0.5, 0.6) is 0 Å². The smallest absolute Gasteiger partial charge is 0.358 e. The summed E-state index contributed by atoms with van der Waals surface area (Å²) < 4.78 is 1.78. The Hall–Kier alpha value is -1.39. The number of hydrogen-bond donors (Lipinski definition) is 1. The summed E-state index contributed by atoms with van der Waals surface area (Å²) in [5, 5.41) is 16.5. The van der Waals surface area contributed by atoms with Crippen LogP contribution in [0.4, 0.5) is 0 Å². The first-order valence-corrected chi connectivity index (χ1v) is 5.35. The zero-order valence-electron chi connectivity index (χ0n) is 8.81. The first-order chi connectivity index (χ1) is 7.20. The first-order valence-electron chi connectivity index (χ1n) is 5.35. The van der Waals surface area contributed by atoms with Gasteiger partial charge in [-0.2, -0.15) is 0 Å². The predicted molar refractivity (Wildman–Crippen MR) is 53.8 cm³/mol. The Morgan fingerprint density at radius 1 is 1.40 bits per heavy atom. The van der Waals surface area contributed by atoms with E-state index in [2.05, 4.69) is 10.3 Å². The normalized spacial score (nSPS) is 17.9. The average Bonchev–Trinajstić information content (AvgIpc) is 2.61. The number of nitrogens with zero attached hydrogens (tertiary/aromatic N) is 3. The largest absolute Gasteiger partial charge is 0.476 e. The minimum absolute atomic E-state index is 0.0839. The second-order valence-electron chi connectivity index (χ2n) is 4.07. The van der Waals surface area contributed by atoms with Crippen molar-refractivity contribution in [3.63, 3.8) is 0 Å². The number of rotatable bonds is 2. The van der Waals surface area contributed by atoms with Crippen molar-refractivity contribution in [3.8, 4) is 0 Å². The van der Waals surface area contributed by atoms with E-state index in [0.717, 1.165) is 12.8 Å². The average molecular weight is 209 g/mol. The first kappa shape index (κ1) is 10.1. The van der Waals surface area contributed by atoms with E-state index < -0.39 is 5.97 Å². The SMILES string of the molecule is Cc1c(C(=O)O)nnn1C1CCCCC1. The van der Waals surface area contributed by atoms with Crippen LogP contribution in [0.1, 0.15) is 54.3 Å². The number of aromatic carboxylic acids is 1. The molecular weight excluding hydrogens is 194 g/mol. The van der Waals surface area contributed by atoms with E-state index in [4.69, 9.17) is 5.11 Å². The number of carboxylic acid groups (broad SMARTS) is 1. The topological polar surface area (TPSA) is 68.0 Å². The van der Waals surface area contributed by atoms with Gasteiger partial charge in [-0.25, -0.2) is 9.48 Å². The lowest BCUT2D eigenvalue weighted by atomic mass is 9.95. The van der Waals surface area contributed by atoms with Gasteiger partial charge < -0.3 is 5.11 Å². The predicted octanol–water partition coefficient (Wildman–Crippen LogP) is 1.79. The molecule has 0 aromatic carbocycles. The van der Waals surface area contributed by atoms with Gasteiger partial charge in [-0.3, -0.25) is 0 Å². The molecule has 1 aliphatic rings. The van der Waals surface area contributed by atoms with Gasteiger partial charge in [0.2, 0.25) is 0 Å². The third-order valence-corrected chi connectivity index (χ3v) is 3.05. The van der Waals surface area contributed by atoms with Crippen molar-refractivity contribution in [1.29, 1.82) is 0 Å². The van der Waals surface area contributed by atoms with E-state index >= 15 is 0 Å². The van der Waals surface area contributed by atoms with E-state index in [1.54, 1.807) is 11.6 Å². The van der Waals surface area contributed by atoms with Crippen molar-refractivity contribution in [2.45, 2.75) is 45.1 Å². The lowest BCUT2D eigenvalue weighted by molar-refractivity contribution is 0.0689. The Morgan fingerprint density at radius 3 is 2.60 bits per heavy atom. The second-order valence-corrected chi connectivity index (χ2v) is 4.07. The highest BCUT2D eigenvalue weighted by Crippen LogP contribution is 2.28. The van der Waals surface area contributed by atoms with Crippen molar-refractivity contribution < 1.29 is 9.90 Å². The number of carbonyl (C=O) groups is 1. The molecule has 1 saturated carbocycles. The summed E-state index contributed by atoms with van der Waals surface area (Å²) in [5.74, 6) is -0.991. The number of carboxylic acids is 1. The van der Waals surface area contributed by atoms with E-state index in [0.29, 0.717) is 11.7 Å². The lowest BCUT2D eigenvalue weighted by Gasteiger charge is -2.22. The molecule has 0 bridgehead atoms. The van der Waals surface area contributed by atoms with Crippen LogP contribution in [0.25, 0.3) is 0 Å². The molecule has 1 aromatic heterocycles. The van der Waals surface area contributed by atoms with Crippen LogP contribution in [0.2, 0.25) is 0 Å². The van der Waals surface area contributed by atoms with Gasteiger partial charge in [0.05, 0.1) is 11.7 Å². The highest BCUT2D eigenvalue weighted by atomic mass is 16.4. The molecule has 15 heavy (non-hydrogen) atoms. The second kappa shape index (κ2) is 4.00. The van der Waals surface area contributed by atoms with Crippen LogP contribution in [0, 0.1) is 6.92 Å². The Morgan fingerprint density at radius 2 is 2.07 bits per heavy atom. The summed E-state index contributed by atoms with van der Waals surface area (Å²) in [4.78, 5) is 10.8. The third kappa shape index (κ3) is 1.86. The van der Waals surface area contributed by atoms with Crippen molar-refractivity contribution in [2.24, 2.45) is 0 Å². The molecule has 82 valence electrons. The van der Waals surface area contributed by atoms with E-state index in [1.165, 1.54) is 19.3 Å². The molecule has 1 N–H and O–H groups in total. The van der Waals surface area contributed by atoms with Crippen LogP contribution in [0.15, 0.2) is 0 Å². The molecular formula is C10H15N3O2. The Balaban J connectivity index is 2.24. The molecule has 5 nitrogen and oxygen atoms in total. The maximum absolute atomic E-state index is 10.8. The molecule has 0 unspecified atom stereocenters. The van der Waals surface area contributed by atoms with Gasteiger partial charge in [-0.1, -0.05) is 24.5 Å². The van der Waals surface area contributed by atoms with Gasteiger partial charge in [0.25, 0.3) is 0 Å². The van der Waals surface area contributed by atoms with Gasteiger partial charge in [-0.15, -0.1) is 5.10 Å². The Bertz CT molecular complexity index is 367. The molecule has 0 radical (unpaired) electrons. The molecule has 1 aromatic rings. The molecule has 1 heterocycles. The highest BCUT2D eigenvalue weighted by Gasteiger charge is 2.22. The molecule has 2 rings (SSSR count). The lowest BCUT2D eigenvalue weighted by Crippen LogP contribution is -2.15. The van der Waals surface area contributed by atoms with Gasteiger partial charge in [0, 0.05) is 0 Å². The Kier molecular flexibility index (Phi) is 2.70. The molecule has 5 heteroatoms. The van der Waals surface area contributed by atoms with Crippen LogP contribution in [-0.2, 0) is 0 Å². The highest BCUT2D eigenvalue weighted by molar-refractivity contribution is 5.86. The van der Waals surface area contributed by atoms with E-state index in [9.17, 15) is 4.79 Å². The molecule has 0 spiro atoms. The zero-order chi connectivity index (χ0) is 10.8. The molecule has 1 aliphatic carbocycles. The van der Waals surface area contributed by atoms with E-state index in [1.807, 2.05) is 0 Å². The van der Waals surface area contributed by atoms with Crippen molar-refractivity contribution in [1.82, 2.24) is 15.0 Å². The minimum atomic E-state index is -0.991. The van der Waals surface area contributed by atoms with Crippen molar-refractivity contribution in [3.05, 3.63) is 11.4 Å². The van der Waals surface area contributed by atoms with E-state index in [-0.39, 0.29) is 5.69 Å². The van der Waals surface area contributed by atoms with Crippen LogP contribution >= 0.6 is 0 Å². The van der Waals surface area contributed by atoms with Gasteiger partial charge in [0.1, 0.15) is 0 Å². The van der Waals surface area contributed by atoms with Gasteiger partial charge in [0.15, 0.2) is 5.69 Å². The third-order valence-electron chi connectivity index (χ3n) is 3.05. The monoisotopic (exact) mass is 209 g/mol. The fourth-order valence-corrected chi connectivity index (χ4v) is 2.21. The molecule has 0 atom stereocenters. The van der Waals surface area contributed by atoms with Gasteiger partial charge >= 0.3 is 5.97 Å². The zero-order valence-corrected chi connectivity index (χ0v) is 8.81. The maximum Gasteiger partial charge on any atom is 0.358 e. The van der Waals surface area contributed by atoms with Crippen molar-refractivity contribution in [2.75, 3.05) is 0 Å².